The number of ether oxygens (including phenoxy) is 1. The van der Waals surface area contributed by atoms with Crippen LogP contribution in [-0.2, 0) is 11.3 Å². The van der Waals surface area contributed by atoms with E-state index >= 15 is 0 Å². The third-order valence-corrected chi connectivity index (χ3v) is 4.87. The van der Waals surface area contributed by atoms with E-state index in [1.165, 1.54) is 6.92 Å². The van der Waals surface area contributed by atoms with E-state index in [-0.39, 0.29) is 18.6 Å². The maximum absolute atomic E-state index is 13.0. The summed E-state index contributed by atoms with van der Waals surface area (Å²) in [5, 5.41) is 20.0. The van der Waals surface area contributed by atoms with Crippen LogP contribution in [0, 0.1) is 6.92 Å². The quantitative estimate of drug-likeness (QED) is 0.222. The number of benzene rings is 2. The third-order valence-electron chi connectivity index (χ3n) is 4.57. The number of carbonyl (C=O) groups excluding carboxylic acids is 1. The molecule has 0 radical (unpaired) electrons. The standard InChI is InChI=1S/C23H29ClN4O5/c1-14(2)33-20-10-9-18(12-19(20)24)26-22(25)27(13-17-7-5-15(3)6-8-17)23(31)28(32)16(4)11-21(29)30/h5-10,12,14,16,32H,11,13H2,1-4H3,(H2,25,26)(H,29,30)/t16-/m1/s1. The average Bonchev–Trinajstić information content (AvgIpc) is 2.73. The van der Waals surface area contributed by atoms with Gasteiger partial charge in [0.25, 0.3) is 0 Å². The van der Waals surface area contributed by atoms with Crippen molar-refractivity contribution < 1.29 is 24.6 Å². The predicted molar refractivity (Wildman–Crippen MR) is 126 cm³/mol. The Morgan fingerprint density at radius 1 is 1.15 bits per heavy atom. The molecule has 0 aliphatic heterocycles. The Hall–Kier alpha value is -3.30. The Labute approximate surface area is 198 Å². The minimum atomic E-state index is -1.15. The van der Waals surface area contributed by atoms with Crippen LogP contribution in [0.3, 0.4) is 0 Å². The number of nitrogens with zero attached hydrogens (tertiary/aromatic N) is 3. The van der Waals surface area contributed by atoms with Crippen LogP contribution in [0.4, 0.5) is 10.5 Å². The van der Waals surface area contributed by atoms with Crippen molar-refractivity contribution in [2.45, 2.75) is 52.8 Å². The fourth-order valence-corrected chi connectivity index (χ4v) is 3.09. The molecule has 9 nitrogen and oxygen atoms in total. The molecule has 0 spiro atoms. The highest BCUT2D eigenvalue weighted by molar-refractivity contribution is 6.32. The van der Waals surface area contributed by atoms with Crippen molar-refractivity contribution in [2.75, 3.05) is 0 Å². The van der Waals surface area contributed by atoms with Crippen LogP contribution in [0.5, 0.6) is 5.75 Å². The van der Waals surface area contributed by atoms with Crippen molar-refractivity contribution in [3.8, 4) is 5.75 Å². The fraction of sp³-hybridized carbons (Fsp3) is 0.348. The largest absolute Gasteiger partial charge is 0.489 e. The van der Waals surface area contributed by atoms with Gasteiger partial charge in [-0.1, -0.05) is 41.4 Å². The maximum atomic E-state index is 13.0. The zero-order valence-electron chi connectivity index (χ0n) is 19.0. The second kappa shape index (κ2) is 11.5. The molecule has 33 heavy (non-hydrogen) atoms. The number of carboxylic acids is 1. The topological polar surface area (TPSA) is 129 Å². The summed E-state index contributed by atoms with van der Waals surface area (Å²) in [6, 6.07) is 10.3. The number of urea groups is 1. The van der Waals surface area contributed by atoms with Gasteiger partial charge in [0.1, 0.15) is 5.75 Å². The molecule has 1 atom stereocenters. The second-order valence-corrected chi connectivity index (χ2v) is 8.30. The van der Waals surface area contributed by atoms with Crippen LogP contribution in [0.25, 0.3) is 0 Å². The van der Waals surface area contributed by atoms with Crippen molar-refractivity contribution >= 4 is 35.2 Å². The van der Waals surface area contributed by atoms with Gasteiger partial charge in [-0.2, -0.15) is 0 Å². The number of aliphatic imine (C=N–C) groups is 1. The van der Waals surface area contributed by atoms with Gasteiger partial charge < -0.3 is 15.6 Å². The van der Waals surface area contributed by atoms with E-state index in [0.29, 0.717) is 21.5 Å². The molecule has 178 valence electrons. The van der Waals surface area contributed by atoms with Crippen molar-refractivity contribution in [3.05, 3.63) is 58.6 Å². The first-order valence-electron chi connectivity index (χ1n) is 10.3. The van der Waals surface area contributed by atoms with E-state index in [1.807, 2.05) is 45.0 Å². The smallest absolute Gasteiger partial charge is 0.351 e. The van der Waals surface area contributed by atoms with Gasteiger partial charge in [0, 0.05) is 0 Å². The number of aryl methyl sites for hydroxylation is 1. The molecule has 2 amide bonds. The zero-order valence-corrected chi connectivity index (χ0v) is 19.8. The van der Waals surface area contributed by atoms with Crippen molar-refractivity contribution in [1.82, 2.24) is 9.96 Å². The van der Waals surface area contributed by atoms with Crippen molar-refractivity contribution in [3.63, 3.8) is 0 Å². The molecule has 0 bridgehead atoms. The zero-order chi connectivity index (χ0) is 24.7. The van der Waals surface area contributed by atoms with E-state index in [9.17, 15) is 14.8 Å². The Bertz CT molecular complexity index is 1010. The summed E-state index contributed by atoms with van der Waals surface area (Å²) in [4.78, 5) is 29.4. The van der Waals surface area contributed by atoms with Gasteiger partial charge in [0.15, 0.2) is 0 Å². The minimum Gasteiger partial charge on any atom is -0.489 e. The minimum absolute atomic E-state index is 0.00751. The lowest BCUT2D eigenvalue weighted by molar-refractivity contribution is -0.142. The second-order valence-electron chi connectivity index (χ2n) is 7.90. The van der Waals surface area contributed by atoms with E-state index in [4.69, 9.17) is 27.2 Å². The SMILES string of the molecule is Cc1ccc(CN(C(=O)N(O)[C@H](C)CC(=O)O)/C(N)=N/c2ccc(OC(C)C)c(Cl)c2)cc1. The Balaban J connectivity index is 2.36. The average molecular weight is 477 g/mol. The number of halogens is 1. The summed E-state index contributed by atoms with van der Waals surface area (Å²) < 4.78 is 5.60. The Kier molecular flexibility index (Phi) is 9.07. The molecule has 2 aromatic carbocycles. The molecule has 0 aliphatic rings. The lowest BCUT2D eigenvalue weighted by atomic mass is 10.1. The number of amides is 2. The van der Waals surface area contributed by atoms with Crippen LogP contribution < -0.4 is 10.5 Å². The molecule has 0 aliphatic carbocycles. The van der Waals surface area contributed by atoms with Gasteiger partial charge in [0.05, 0.1) is 35.8 Å². The van der Waals surface area contributed by atoms with E-state index in [2.05, 4.69) is 4.99 Å². The lowest BCUT2D eigenvalue weighted by Crippen LogP contribution is -2.50. The predicted octanol–water partition coefficient (Wildman–Crippen LogP) is 4.56. The number of hydrogen-bond acceptors (Lipinski definition) is 5. The summed E-state index contributed by atoms with van der Waals surface area (Å²) >= 11 is 6.26. The van der Waals surface area contributed by atoms with Crippen LogP contribution in [0.2, 0.25) is 5.02 Å². The van der Waals surface area contributed by atoms with E-state index < -0.39 is 24.5 Å². The first kappa shape index (κ1) is 26.0. The van der Waals surface area contributed by atoms with Gasteiger partial charge in [-0.15, -0.1) is 0 Å². The number of hydrogen-bond donors (Lipinski definition) is 3. The molecule has 2 rings (SSSR count). The molecule has 4 N–H and O–H groups in total. The molecule has 0 saturated heterocycles. The van der Waals surface area contributed by atoms with Crippen LogP contribution in [-0.4, -0.2) is 50.4 Å². The van der Waals surface area contributed by atoms with Gasteiger partial charge >= 0.3 is 12.0 Å². The summed E-state index contributed by atoms with van der Waals surface area (Å²) in [7, 11) is 0. The maximum Gasteiger partial charge on any atom is 0.351 e. The highest BCUT2D eigenvalue weighted by Crippen LogP contribution is 2.30. The molecule has 0 heterocycles. The normalized spacial score (nSPS) is 12.4. The Morgan fingerprint density at radius 2 is 1.79 bits per heavy atom. The first-order chi connectivity index (χ1) is 15.5. The molecule has 0 aromatic heterocycles. The number of aliphatic carboxylic acids is 1. The van der Waals surface area contributed by atoms with Gasteiger partial charge in [-0.05, 0) is 51.5 Å². The lowest BCUT2D eigenvalue weighted by Gasteiger charge is -2.29. The van der Waals surface area contributed by atoms with Gasteiger partial charge in [0.2, 0.25) is 5.96 Å². The number of guanidine groups is 1. The van der Waals surface area contributed by atoms with E-state index in [1.54, 1.807) is 18.2 Å². The summed E-state index contributed by atoms with van der Waals surface area (Å²) in [6.45, 7) is 7.11. The molecule has 0 fully saturated rings. The van der Waals surface area contributed by atoms with Gasteiger partial charge in [-0.25, -0.2) is 14.9 Å². The van der Waals surface area contributed by atoms with Crippen molar-refractivity contribution in [2.24, 2.45) is 10.7 Å². The molecule has 2 aromatic rings. The number of carboxylic acid groups (broad SMARTS) is 1. The number of nitrogens with two attached hydrogens (primary N) is 1. The summed E-state index contributed by atoms with van der Waals surface area (Å²) in [5.41, 5.74) is 8.32. The van der Waals surface area contributed by atoms with Crippen molar-refractivity contribution in [1.29, 1.82) is 0 Å². The van der Waals surface area contributed by atoms with Gasteiger partial charge in [-0.3, -0.25) is 14.9 Å². The fourth-order valence-electron chi connectivity index (χ4n) is 2.88. The molecule has 10 heteroatoms. The monoisotopic (exact) mass is 476 g/mol. The third kappa shape index (κ3) is 7.65. The molecular formula is C23H29ClN4O5. The summed E-state index contributed by atoms with van der Waals surface area (Å²) in [5.74, 6) is -0.865. The van der Waals surface area contributed by atoms with Crippen LogP contribution >= 0.6 is 11.6 Å². The van der Waals surface area contributed by atoms with E-state index in [0.717, 1.165) is 16.0 Å². The Morgan fingerprint density at radius 3 is 2.33 bits per heavy atom. The molecule has 0 saturated carbocycles. The number of carbonyl (C=O) groups is 2. The number of rotatable bonds is 8. The highest BCUT2D eigenvalue weighted by atomic mass is 35.5. The molecular weight excluding hydrogens is 448 g/mol. The number of hydroxylamine groups is 2. The molecule has 0 unspecified atom stereocenters. The summed E-state index contributed by atoms with van der Waals surface area (Å²) in [6.07, 6.45) is -0.502. The highest BCUT2D eigenvalue weighted by Gasteiger charge is 2.28. The van der Waals surface area contributed by atoms with Crippen LogP contribution in [0.1, 0.15) is 38.3 Å². The van der Waals surface area contributed by atoms with Crippen LogP contribution in [0.15, 0.2) is 47.5 Å². The first-order valence-corrected chi connectivity index (χ1v) is 10.7.